The van der Waals surface area contributed by atoms with Crippen LogP contribution in [-0.2, 0) is 0 Å². The van der Waals surface area contributed by atoms with Crippen molar-refractivity contribution in [2.24, 2.45) is 0 Å². The number of benzene rings is 1. The fourth-order valence-electron chi connectivity index (χ4n) is 1.44. The third-order valence-electron chi connectivity index (χ3n) is 2.25. The highest BCUT2D eigenvalue weighted by Crippen LogP contribution is 2.26. The minimum atomic E-state index is -0.479. The summed E-state index contributed by atoms with van der Waals surface area (Å²) in [6, 6.07) is 5.74. The predicted molar refractivity (Wildman–Crippen MR) is 69.6 cm³/mol. The molecule has 0 unspecified atom stereocenters. The van der Waals surface area contributed by atoms with Crippen molar-refractivity contribution in [3.05, 3.63) is 45.1 Å². The molecule has 16 heavy (non-hydrogen) atoms. The number of hydrogen-bond acceptors (Lipinski definition) is 2. The Kier molecular flexibility index (Phi) is 3.47. The van der Waals surface area contributed by atoms with Gasteiger partial charge in [0.1, 0.15) is 0 Å². The zero-order chi connectivity index (χ0) is 11.7. The second-order valence-electron chi connectivity index (χ2n) is 3.48. The van der Waals surface area contributed by atoms with E-state index in [0.29, 0.717) is 0 Å². The standard InChI is InChI=1S/C11H10Br2N2O/c1-7(16)10-3-2-9(4-11(10)13)15-6-8(12)5-14-15/h2-7,16H,1H3/t7-/m0/s1. The molecular formula is C11H10Br2N2O. The molecule has 5 heteroatoms. The number of halogens is 2. The van der Waals surface area contributed by atoms with E-state index in [4.69, 9.17) is 0 Å². The first-order chi connectivity index (χ1) is 7.58. The van der Waals surface area contributed by atoms with Gasteiger partial charge in [0.15, 0.2) is 0 Å². The maximum absolute atomic E-state index is 9.51. The van der Waals surface area contributed by atoms with Gasteiger partial charge in [0.2, 0.25) is 0 Å². The second kappa shape index (κ2) is 4.69. The number of rotatable bonds is 2. The molecule has 84 valence electrons. The van der Waals surface area contributed by atoms with Gasteiger partial charge < -0.3 is 5.11 Å². The summed E-state index contributed by atoms with van der Waals surface area (Å²) in [6.45, 7) is 1.74. The fourth-order valence-corrected chi connectivity index (χ4v) is 2.42. The molecule has 0 saturated carbocycles. The third kappa shape index (κ3) is 2.36. The van der Waals surface area contributed by atoms with Gasteiger partial charge >= 0.3 is 0 Å². The van der Waals surface area contributed by atoms with Gasteiger partial charge in [-0.1, -0.05) is 22.0 Å². The summed E-state index contributed by atoms with van der Waals surface area (Å²) in [4.78, 5) is 0. The van der Waals surface area contributed by atoms with Crippen LogP contribution >= 0.6 is 31.9 Å². The zero-order valence-electron chi connectivity index (χ0n) is 8.56. The van der Waals surface area contributed by atoms with Gasteiger partial charge in [0, 0.05) is 10.7 Å². The SMILES string of the molecule is C[C@H](O)c1ccc(-n2cc(Br)cn2)cc1Br. The van der Waals surface area contributed by atoms with Crippen LogP contribution in [0.25, 0.3) is 5.69 Å². The lowest BCUT2D eigenvalue weighted by Crippen LogP contribution is -1.97. The normalized spacial score (nSPS) is 12.8. The second-order valence-corrected chi connectivity index (χ2v) is 5.25. The molecule has 0 fully saturated rings. The van der Waals surface area contributed by atoms with E-state index >= 15 is 0 Å². The van der Waals surface area contributed by atoms with E-state index in [9.17, 15) is 5.11 Å². The van der Waals surface area contributed by atoms with Crippen molar-refractivity contribution in [3.63, 3.8) is 0 Å². The lowest BCUT2D eigenvalue weighted by Gasteiger charge is -2.09. The first kappa shape index (κ1) is 11.8. The van der Waals surface area contributed by atoms with E-state index in [-0.39, 0.29) is 0 Å². The molecule has 2 rings (SSSR count). The van der Waals surface area contributed by atoms with E-state index in [1.165, 1.54) is 0 Å². The smallest absolute Gasteiger partial charge is 0.0772 e. The summed E-state index contributed by atoms with van der Waals surface area (Å²) in [5.41, 5.74) is 1.82. The minimum Gasteiger partial charge on any atom is -0.389 e. The van der Waals surface area contributed by atoms with Gasteiger partial charge in [0.25, 0.3) is 0 Å². The maximum atomic E-state index is 9.51. The highest BCUT2D eigenvalue weighted by atomic mass is 79.9. The quantitative estimate of drug-likeness (QED) is 0.905. The Balaban J connectivity index is 2.42. The molecule has 0 spiro atoms. The predicted octanol–water partition coefficient (Wildman–Crippen LogP) is 3.45. The average molecular weight is 346 g/mol. The minimum absolute atomic E-state index is 0.479. The Labute approximate surface area is 110 Å². The molecule has 0 aliphatic heterocycles. The highest BCUT2D eigenvalue weighted by molar-refractivity contribution is 9.10. The summed E-state index contributed by atoms with van der Waals surface area (Å²) >= 11 is 6.79. The van der Waals surface area contributed by atoms with E-state index in [0.717, 1.165) is 20.2 Å². The molecule has 0 bridgehead atoms. The van der Waals surface area contributed by atoms with E-state index in [1.54, 1.807) is 17.8 Å². The van der Waals surface area contributed by atoms with Gasteiger partial charge in [-0.25, -0.2) is 4.68 Å². The van der Waals surface area contributed by atoms with Crippen LogP contribution in [0.3, 0.4) is 0 Å². The van der Waals surface area contributed by atoms with Gasteiger partial charge in [0.05, 0.1) is 22.5 Å². The fraction of sp³-hybridized carbons (Fsp3) is 0.182. The van der Waals surface area contributed by atoms with Crippen LogP contribution in [0.15, 0.2) is 39.5 Å². The number of aliphatic hydroxyl groups excluding tert-OH is 1. The molecule has 2 aromatic rings. The monoisotopic (exact) mass is 344 g/mol. The summed E-state index contributed by atoms with van der Waals surface area (Å²) in [6.07, 6.45) is 3.13. The molecule has 1 aromatic heterocycles. The Bertz CT molecular complexity index is 508. The highest BCUT2D eigenvalue weighted by Gasteiger charge is 2.07. The van der Waals surface area contributed by atoms with Crippen LogP contribution in [0.5, 0.6) is 0 Å². The molecule has 1 heterocycles. The first-order valence-electron chi connectivity index (χ1n) is 4.76. The lowest BCUT2D eigenvalue weighted by molar-refractivity contribution is 0.198. The largest absolute Gasteiger partial charge is 0.389 e. The number of aromatic nitrogens is 2. The summed E-state index contributed by atoms with van der Waals surface area (Å²) in [7, 11) is 0. The molecule has 3 nitrogen and oxygen atoms in total. The molecule has 0 radical (unpaired) electrons. The van der Waals surface area contributed by atoms with Crippen molar-refractivity contribution in [3.8, 4) is 5.69 Å². The van der Waals surface area contributed by atoms with Crippen LogP contribution in [0.4, 0.5) is 0 Å². The molecule has 1 atom stereocenters. The summed E-state index contributed by atoms with van der Waals surface area (Å²) in [5, 5.41) is 13.7. The topological polar surface area (TPSA) is 38.0 Å². The maximum Gasteiger partial charge on any atom is 0.0772 e. The molecule has 0 saturated heterocycles. The van der Waals surface area contributed by atoms with Crippen molar-refractivity contribution in [1.29, 1.82) is 0 Å². The molecular weight excluding hydrogens is 336 g/mol. The Hall–Kier alpha value is -0.650. The Morgan fingerprint density at radius 2 is 2.12 bits per heavy atom. The average Bonchev–Trinajstić information content (AvgIpc) is 2.64. The Morgan fingerprint density at radius 1 is 1.38 bits per heavy atom. The van der Waals surface area contributed by atoms with Crippen molar-refractivity contribution in [2.45, 2.75) is 13.0 Å². The summed E-state index contributed by atoms with van der Waals surface area (Å²) < 4.78 is 3.58. The van der Waals surface area contributed by atoms with Crippen molar-refractivity contribution in [1.82, 2.24) is 9.78 Å². The zero-order valence-corrected chi connectivity index (χ0v) is 11.7. The van der Waals surface area contributed by atoms with Crippen molar-refractivity contribution >= 4 is 31.9 Å². The summed E-state index contributed by atoms with van der Waals surface area (Å²) in [5.74, 6) is 0. The van der Waals surface area contributed by atoms with Crippen LogP contribution in [0, 0.1) is 0 Å². The number of aliphatic hydroxyl groups is 1. The van der Waals surface area contributed by atoms with Gasteiger partial charge in [-0.05, 0) is 40.5 Å². The molecule has 1 N–H and O–H groups in total. The van der Waals surface area contributed by atoms with Gasteiger partial charge in [-0.15, -0.1) is 0 Å². The molecule has 1 aromatic carbocycles. The van der Waals surface area contributed by atoms with Crippen LogP contribution in [0.2, 0.25) is 0 Å². The van der Waals surface area contributed by atoms with Crippen molar-refractivity contribution in [2.75, 3.05) is 0 Å². The third-order valence-corrected chi connectivity index (χ3v) is 3.35. The number of hydrogen-bond donors (Lipinski definition) is 1. The van der Waals surface area contributed by atoms with Crippen LogP contribution in [-0.4, -0.2) is 14.9 Å². The van der Waals surface area contributed by atoms with E-state index in [2.05, 4.69) is 37.0 Å². The van der Waals surface area contributed by atoms with Crippen molar-refractivity contribution < 1.29 is 5.11 Å². The molecule has 0 aliphatic carbocycles. The van der Waals surface area contributed by atoms with Gasteiger partial charge in [-0.3, -0.25) is 0 Å². The Morgan fingerprint density at radius 3 is 2.62 bits per heavy atom. The van der Waals surface area contributed by atoms with Crippen LogP contribution in [0.1, 0.15) is 18.6 Å². The lowest BCUT2D eigenvalue weighted by atomic mass is 10.1. The first-order valence-corrected chi connectivity index (χ1v) is 6.34. The molecule has 0 amide bonds. The van der Waals surface area contributed by atoms with E-state index < -0.39 is 6.10 Å². The number of nitrogens with zero attached hydrogens (tertiary/aromatic N) is 2. The van der Waals surface area contributed by atoms with Crippen LogP contribution < -0.4 is 0 Å². The van der Waals surface area contributed by atoms with E-state index in [1.807, 2.05) is 24.4 Å². The molecule has 0 aliphatic rings. The van der Waals surface area contributed by atoms with Gasteiger partial charge in [-0.2, -0.15) is 5.10 Å².